The second-order valence-corrected chi connectivity index (χ2v) is 4.32. The van der Waals surface area contributed by atoms with Gasteiger partial charge in [0.05, 0.1) is 0 Å². The van der Waals surface area contributed by atoms with E-state index < -0.39 is 0 Å². The molecule has 0 fully saturated rings. The van der Waals surface area contributed by atoms with Gasteiger partial charge in [0.1, 0.15) is 5.58 Å². The van der Waals surface area contributed by atoms with E-state index in [0.717, 1.165) is 5.39 Å². The third kappa shape index (κ3) is 2.19. The molecule has 1 heterocycles. The van der Waals surface area contributed by atoms with Crippen molar-refractivity contribution < 1.29 is 14.0 Å². The fraction of sp³-hybridized carbons (Fsp3) is 0. The van der Waals surface area contributed by atoms with Gasteiger partial charge in [0, 0.05) is 16.6 Å². The van der Waals surface area contributed by atoms with Crippen molar-refractivity contribution in [1.82, 2.24) is 0 Å². The highest BCUT2D eigenvalue weighted by molar-refractivity contribution is 6.09. The van der Waals surface area contributed by atoms with E-state index in [1.54, 1.807) is 30.3 Å². The molecule has 0 radical (unpaired) electrons. The van der Waals surface area contributed by atoms with Crippen molar-refractivity contribution >= 4 is 28.8 Å². The van der Waals surface area contributed by atoms with E-state index in [1.807, 2.05) is 24.3 Å². The van der Waals surface area contributed by atoms with E-state index in [1.165, 1.54) is 0 Å². The summed E-state index contributed by atoms with van der Waals surface area (Å²) in [7, 11) is 0. The first-order chi connectivity index (χ1) is 9.78. The van der Waals surface area contributed by atoms with E-state index in [9.17, 15) is 9.59 Å². The van der Waals surface area contributed by atoms with Gasteiger partial charge >= 0.3 is 0 Å². The second-order valence-electron chi connectivity index (χ2n) is 4.32. The van der Waals surface area contributed by atoms with Crippen LogP contribution in [0, 0.1) is 0 Å². The highest BCUT2D eigenvalue weighted by Gasteiger charge is 2.14. The molecule has 4 heteroatoms. The number of carbonyl (C=O) groups is 2. The van der Waals surface area contributed by atoms with Crippen LogP contribution in [-0.4, -0.2) is 12.2 Å². The van der Waals surface area contributed by atoms with Gasteiger partial charge in [-0.3, -0.25) is 9.59 Å². The molecule has 3 aromatic rings. The van der Waals surface area contributed by atoms with Crippen molar-refractivity contribution in [1.29, 1.82) is 0 Å². The van der Waals surface area contributed by atoms with Crippen LogP contribution >= 0.6 is 0 Å². The average molecular weight is 265 g/mol. The van der Waals surface area contributed by atoms with Crippen LogP contribution in [0.2, 0.25) is 0 Å². The molecule has 20 heavy (non-hydrogen) atoms. The van der Waals surface area contributed by atoms with E-state index >= 15 is 0 Å². The molecule has 0 saturated carbocycles. The largest absolute Gasteiger partial charge is 0.453 e. The number of hydrogen-bond acceptors (Lipinski definition) is 3. The Morgan fingerprint density at radius 3 is 2.50 bits per heavy atom. The fourth-order valence-corrected chi connectivity index (χ4v) is 2.02. The lowest BCUT2D eigenvalue weighted by molar-refractivity contribution is -0.105. The molecule has 0 unspecified atom stereocenters. The van der Waals surface area contributed by atoms with Crippen LogP contribution in [0.1, 0.15) is 16.1 Å². The minimum atomic E-state index is -0.182. The van der Waals surface area contributed by atoms with Crippen LogP contribution in [0.4, 0.5) is 5.69 Å². The number of rotatable bonds is 4. The predicted molar refractivity (Wildman–Crippen MR) is 75.8 cm³/mol. The predicted octanol–water partition coefficient (Wildman–Crippen LogP) is 3.23. The Morgan fingerprint density at radius 1 is 1.05 bits per heavy atom. The monoisotopic (exact) mass is 265 g/mol. The average Bonchev–Trinajstić information content (AvgIpc) is 2.91. The maximum absolute atomic E-state index is 12.3. The Hall–Kier alpha value is -2.88. The summed E-state index contributed by atoms with van der Waals surface area (Å²) in [5, 5.41) is 3.42. The molecule has 0 bridgehead atoms. The number of para-hydroxylation sites is 1. The molecule has 1 aromatic heterocycles. The molecule has 0 saturated heterocycles. The maximum atomic E-state index is 12.3. The number of carbonyl (C=O) groups excluding carboxylic acids is 2. The van der Waals surface area contributed by atoms with Gasteiger partial charge in [-0.25, -0.2) is 0 Å². The SMILES string of the molecule is O=CNc1ccc(C(=O)c2cc3ccccc3o2)cc1. The molecule has 0 atom stereocenters. The summed E-state index contributed by atoms with van der Waals surface area (Å²) >= 11 is 0. The zero-order valence-corrected chi connectivity index (χ0v) is 10.5. The normalized spacial score (nSPS) is 10.4. The fourth-order valence-electron chi connectivity index (χ4n) is 2.02. The van der Waals surface area contributed by atoms with Crippen LogP contribution in [-0.2, 0) is 4.79 Å². The second kappa shape index (κ2) is 5.01. The number of amides is 1. The lowest BCUT2D eigenvalue weighted by Gasteiger charge is -2.00. The van der Waals surface area contributed by atoms with Crippen LogP contribution in [0.15, 0.2) is 59.0 Å². The van der Waals surface area contributed by atoms with Gasteiger partial charge < -0.3 is 9.73 Å². The van der Waals surface area contributed by atoms with Gasteiger partial charge in [-0.05, 0) is 36.4 Å². The van der Waals surface area contributed by atoms with Crippen molar-refractivity contribution in [2.45, 2.75) is 0 Å². The number of hydrogen-bond donors (Lipinski definition) is 1. The van der Waals surface area contributed by atoms with Gasteiger partial charge in [0.25, 0.3) is 0 Å². The Labute approximate surface area is 115 Å². The zero-order valence-electron chi connectivity index (χ0n) is 10.5. The van der Waals surface area contributed by atoms with Crippen molar-refractivity contribution in [3.8, 4) is 0 Å². The minimum Gasteiger partial charge on any atom is -0.453 e. The summed E-state index contributed by atoms with van der Waals surface area (Å²) in [4.78, 5) is 22.6. The summed E-state index contributed by atoms with van der Waals surface area (Å²) in [6, 6.07) is 15.9. The summed E-state index contributed by atoms with van der Waals surface area (Å²) in [6.45, 7) is 0. The summed E-state index contributed by atoms with van der Waals surface area (Å²) in [5.74, 6) is 0.126. The molecule has 4 nitrogen and oxygen atoms in total. The highest BCUT2D eigenvalue weighted by Crippen LogP contribution is 2.21. The molecular formula is C16H11NO3. The van der Waals surface area contributed by atoms with E-state index in [0.29, 0.717) is 29.0 Å². The molecule has 98 valence electrons. The topological polar surface area (TPSA) is 59.3 Å². The van der Waals surface area contributed by atoms with Gasteiger partial charge in [-0.2, -0.15) is 0 Å². The van der Waals surface area contributed by atoms with Gasteiger partial charge in [0.15, 0.2) is 5.76 Å². The Balaban J connectivity index is 1.93. The number of nitrogens with one attached hydrogen (secondary N) is 1. The van der Waals surface area contributed by atoms with Gasteiger partial charge in [0.2, 0.25) is 12.2 Å². The summed E-state index contributed by atoms with van der Waals surface area (Å²) in [5.41, 5.74) is 1.84. The van der Waals surface area contributed by atoms with Crippen molar-refractivity contribution in [2.24, 2.45) is 0 Å². The Morgan fingerprint density at radius 2 is 1.80 bits per heavy atom. The maximum Gasteiger partial charge on any atom is 0.228 e. The Kier molecular flexibility index (Phi) is 3.05. The molecule has 0 aliphatic rings. The third-order valence-electron chi connectivity index (χ3n) is 3.02. The van der Waals surface area contributed by atoms with Crippen molar-refractivity contribution in [3.63, 3.8) is 0 Å². The van der Waals surface area contributed by atoms with Crippen LogP contribution in [0.25, 0.3) is 11.0 Å². The number of fused-ring (bicyclic) bond motifs is 1. The van der Waals surface area contributed by atoms with E-state index in [4.69, 9.17) is 4.42 Å². The third-order valence-corrected chi connectivity index (χ3v) is 3.02. The van der Waals surface area contributed by atoms with Crippen LogP contribution < -0.4 is 5.32 Å². The van der Waals surface area contributed by atoms with E-state index in [2.05, 4.69) is 5.32 Å². The first-order valence-electron chi connectivity index (χ1n) is 6.11. The number of furan rings is 1. The minimum absolute atomic E-state index is 0.182. The molecule has 0 spiro atoms. The molecular weight excluding hydrogens is 254 g/mol. The lowest BCUT2D eigenvalue weighted by atomic mass is 10.1. The van der Waals surface area contributed by atoms with Crippen molar-refractivity contribution in [3.05, 3.63) is 65.9 Å². The lowest BCUT2D eigenvalue weighted by Crippen LogP contribution is -2.00. The number of benzene rings is 2. The first-order valence-corrected chi connectivity index (χ1v) is 6.11. The van der Waals surface area contributed by atoms with Gasteiger partial charge in [-0.15, -0.1) is 0 Å². The molecule has 3 rings (SSSR count). The molecule has 0 aliphatic heterocycles. The molecule has 1 N–H and O–H groups in total. The van der Waals surface area contributed by atoms with Crippen LogP contribution in [0.3, 0.4) is 0 Å². The standard InChI is InChI=1S/C16H11NO3/c18-10-17-13-7-5-11(6-8-13)16(19)15-9-12-3-1-2-4-14(12)20-15/h1-10H,(H,17,18). The smallest absolute Gasteiger partial charge is 0.228 e. The quantitative estimate of drug-likeness (QED) is 0.582. The van der Waals surface area contributed by atoms with Crippen molar-refractivity contribution in [2.75, 3.05) is 5.32 Å². The number of anilines is 1. The summed E-state index contributed by atoms with van der Waals surface area (Å²) in [6.07, 6.45) is 0.593. The van der Waals surface area contributed by atoms with E-state index in [-0.39, 0.29) is 5.78 Å². The molecule has 0 aliphatic carbocycles. The first kappa shape index (κ1) is 12.2. The summed E-state index contributed by atoms with van der Waals surface area (Å²) < 4.78 is 5.54. The highest BCUT2D eigenvalue weighted by atomic mass is 16.3. The molecule has 2 aromatic carbocycles. The Bertz CT molecular complexity index is 739. The van der Waals surface area contributed by atoms with Crippen LogP contribution in [0.5, 0.6) is 0 Å². The van der Waals surface area contributed by atoms with Gasteiger partial charge in [-0.1, -0.05) is 18.2 Å². The molecule has 1 amide bonds. The number of ketones is 1. The zero-order chi connectivity index (χ0) is 13.9.